The summed E-state index contributed by atoms with van der Waals surface area (Å²) in [5.74, 6) is 0.863. The zero-order valence-electron chi connectivity index (χ0n) is 27.7. The first-order valence-electron chi connectivity index (χ1n) is 17.0. The zero-order valence-corrected chi connectivity index (χ0v) is 27.7. The average molecular weight is 650 g/mol. The standard InChI is InChI=1S/C37H43N7O4/c1-3-4-5-6-25-17-33-37(47)44(16-15-43(33)20-25)35-31(22-45)30(9-12-38-35)28-18-32(36(46)41(2)21-28)40-34-8-7-27(19-39-34)26-10-13-42(14-11-26)29-23-48-24-29/h7-10,12,17-21,29,45H,3-6,11,13-16,22-24H2,1-2H3,(H,39,40). The average Bonchev–Trinajstić information content (AvgIpc) is 3.51. The summed E-state index contributed by atoms with van der Waals surface area (Å²) in [5.41, 5.74) is 6.26. The fraction of sp³-hybridized carbons (Fsp3) is 0.405. The van der Waals surface area contributed by atoms with E-state index in [2.05, 4.69) is 39.4 Å². The highest BCUT2D eigenvalue weighted by atomic mass is 16.5. The Morgan fingerprint density at radius 1 is 1.02 bits per heavy atom. The van der Waals surface area contributed by atoms with Crippen LogP contribution < -0.4 is 15.8 Å². The predicted molar refractivity (Wildman–Crippen MR) is 186 cm³/mol. The molecule has 1 fully saturated rings. The van der Waals surface area contributed by atoms with E-state index in [1.807, 2.05) is 35.0 Å². The van der Waals surface area contributed by atoms with Crippen molar-refractivity contribution >= 4 is 28.8 Å². The van der Waals surface area contributed by atoms with E-state index in [9.17, 15) is 14.7 Å². The fourth-order valence-corrected chi connectivity index (χ4v) is 6.90. The third-order valence-electron chi connectivity index (χ3n) is 9.77. The molecular formula is C37H43N7O4. The van der Waals surface area contributed by atoms with Crippen molar-refractivity contribution in [2.45, 2.75) is 58.2 Å². The van der Waals surface area contributed by atoms with Crippen LogP contribution in [0.3, 0.4) is 0 Å². The van der Waals surface area contributed by atoms with Gasteiger partial charge in [-0.15, -0.1) is 0 Å². The Morgan fingerprint density at radius 3 is 2.60 bits per heavy atom. The zero-order chi connectivity index (χ0) is 33.2. The number of nitrogens with zero attached hydrogens (tertiary/aromatic N) is 6. The Bertz CT molecular complexity index is 1890. The second-order valence-corrected chi connectivity index (χ2v) is 12.9. The number of ether oxygens (including phenoxy) is 1. The molecule has 0 aliphatic carbocycles. The molecule has 3 aliphatic rings. The van der Waals surface area contributed by atoms with Crippen LogP contribution in [0.1, 0.15) is 59.8 Å². The first-order chi connectivity index (χ1) is 23.4. The van der Waals surface area contributed by atoms with Gasteiger partial charge in [-0.2, -0.15) is 0 Å². The molecule has 3 aliphatic heterocycles. The quantitative estimate of drug-likeness (QED) is 0.224. The Hall–Kier alpha value is -4.58. The van der Waals surface area contributed by atoms with Crippen molar-refractivity contribution in [2.75, 3.05) is 43.1 Å². The van der Waals surface area contributed by atoms with Gasteiger partial charge in [0.05, 0.1) is 25.9 Å². The summed E-state index contributed by atoms with van der Waals surface area (Å²) in [4.78, 5) is 40.3. The van der Waals surface area contributed by atoms with Crippen molar-refractivity contribution in [2.24, 2.45) is 7.05 Å². The number of hydrogen-bond acceptors (Lipinski definition) is 8. The maximum absolute atomic E-state index is 13.7. The number of pyridine rings is 3. The fourth-order valence-electron chi connectivity index (χ4n) is 6.90. The molecule has 0 atom stereocenters. The number of unbranched alkanes of at least 4 members (excludes halogenated alkanes) is 2. The second-order valence-electron chi connectivity index (χ2n) is 12.9. The van der Waals surface area contributed by atoms with Gasteiger partial charge in [-0.3, -0.25) is 19.4 Å². The highest BCUT2D eigenvalue weighted by Crippen LogP contribution is 2.33. The minimum Gasteiger partial charge on any atom is -0.392 e. The molecule has 250 valence electrons. The van der Waals surface area contributed by atoms with Crippen molar-refractivity contribution in [3.8, 4) is 11.1 Å². The van der Waals surface area contributed by atoms with Crippen LogP contribution in [0.4, 0.5) is 17.3 Å². The molecule has 1 saturated heterocycles. The lowest BCUT2D eigenvalue weighted by molar-refractivity contribution is -0.0612. The van der Waals surface area contributed by atoms with E-state index in [0.717, 1.165) is 64.0 Å². The van der Waals surface area contributed by atoms with Gasteiger partial charge in [0.1, 0.15) is 23.0 Å². The van der Waals surface area contributed by atoms with Gasteiger partial charge < -0.3 is 24.3 Å². The van der Waals surface area contributed by atoms with Crippen LogP contribution in [0.15, 0.2) is 66.0 Å². The van der Waals surface area contributed by atoms with Crippen molar-refractivity contribution in [3.63, 3.8) is 0 Å². The highest BCUT2D eigenvalue weighted by molar-refractivity contribution is 6.06. The summed E-state index contributed by atoms with van der Waals surface area (Å²) in [6, 6.07) is 10.0. The number of carbonyl (C=O) groups is 1. The number of aliphatic hydroxyl groups is 1. The summed E-state index contributed by atoms with van der Waals surface area (Å²) in [6.07, 6.45) is 14.9. The lowest BCUT2D eigenvalue weighted by Crippen LogP contribution is -2.50. The first-order valence-corrected chi connectivity index (χ1v) is 17.0. The highest BCUT2D eigenvalue weighted by Gasteiger charge is 2.30. The molecule has 7 rings (SSSR count). The van der Waals surface area contributed by atoms with Crippen LogP contribution in [0.25, 0.3) is 16.7 Å². The minimum absolute atomic E-state index is 0.131. The van der Waals surface area contributed by atoms with Crippen LogP contribution in [0, 0.1) is 0 Å². The number of carbonyl (C=O) groups excluding carboxylic acids is 1. The number of aliphatic hydroxyl groups excluding tert-OH is 1. The van der Waals surface area contributed by atoms with E-state index in [-0.39, 0.29) is 18.1 Å². The molecule has 48 heavy (non-hydrogen) atoms. The monoisotopic (exact) mass is 649 g/mol. The van der Waals surface area contributed by atoms with E-state index in [1.165, 1.54) is 15.7 Å². The molecule has 0 spiro atoms. The summed E-state index contributed by atoms with van der Waals surface area (Å²) < 4.78 is 8.89. The predicted octanol–water partition coefficient (Wildman–Crippen LogP) is 4.76. The number of aryl methyl sites for hydroxylation is 2. The number of rotatable bonds is 11. The third-order valence-corrected chi connectivity index (χ3v) is 9.77. The van der Waals surface area contributed by atoms with E-state index in [4.69, 9.17) is 4.74 Å². The van der Waals surface area contributed by atoms with Crippen LogP contribution >= 0.6 is 0 Å². The van der Waals surface area contributed by atoms with E-state index in [1.54, 1.807) is 30.4 Å². The normalized spacial score (nSPS) is 16.9. The smallest absolute Gasteiger partial charge is 0.276 e. The van der Waals surface area contributed by atoms with Crippen LogP contribution in [-0.4, -0.2) is 73.9 Å². The molecule has 11 nitrogen and oxygen atoms in total. The van der Waals surface area contributed by atoms with Gasteiger partial charge in [-0.05, 0) is 71.9 Å². The number of fused-ring (bicyclic) bond motifs is 1. The van der Waals surface area contributed by atoms with Crippen LogP contribution in [0.5, 0.6) is 0 Å². The van der Waals surface area contributed by atoms with Crippen molar-refractivity contribution in [1.29, 1.82) is 0 Å². The van der Waals surface area contributed by atoms with Gasteiger partial charge in [-0.1, -0.05) is 25.8 Å². The molecule has 2 N–H and O–H groups in total. The van der Waals surface area contributed by atoms with Gasteiger partial charge in [0, 0.05) is 69.1 Å². The molecule has 4 aromatic heterocycles. The Labute approximate surface area is 280 Å². The van der Waals surface area contributed by atoms with Gasteiger partial charge in [0.2, 0.25) is 0 Å². The molecule has 0 saturated carbocycles. The van der Waals surface area contributed by atoms with E-state index < -0.39 is 0 Å². The minimum atomic E-state index is -0.317. The van der Waals surface area contributed by atoms with Gasteiger partial charge in [0.25, 0.3) is 11.5 Å². The topological polar surface area (TPSA) is 118 Å². The van der Waals surface area contributed by atoms with Crippen LogP contribution in [-0.2, 0) is 31.4 Å². The molecule has 0 radical (unpaired) electrons. The number of anilines is 3. The Balaban J connectivity index is 1.11. The Morgan fingerprint density at radius 2 is 1.90 bits per heavy atom. The van der Waals surface area contributed by atoms with Crippen molar-refractivity contribution in [3.05, 3.63) is 93.9 Å². The van der Waals surface area contributed by atoms with Gasteiger partial charge >= 0.3 is 0 Å². The molecule has 0 bridgehead atoms. The molecular weight excluding hydrogens is 606 g/mol. The maximum Gasteiger partial charge on any atom is 0.276 e. The molecule has 4 aromatic rings. The molecule has 1 amide bonds. The van der Waals surface area contributed by atoms with E-state index in [0.29, 0.717) is 58.8 Å². The number of hydrogen-bond donors (Lipinski definition) is 2. The Kier molecular flexibility index (Phi) is 9.25. The second kappa shape index (κ2) is 13.9. The SMILES string of the molecule is CCCCCc1cc2n(c1)CCN(c1nccc(-c3cc(Nc4ccc(C5=CCN(C6COC6)CC5)cn4)c(=O)n(C)c3)c1CO)C2=O. The van der Waals surface area contributed by atoms with Gasteiger partial charge in [0.15, 0.2) is 0 Å². The van der Waals surface area contributed by atoms with Gasteiger partial charge in [-0.25, -0.2) is 9.97 Å². The summed E-state index contributed by atoms with van der Waals surface area (Å²) in [5, 5.41) is 13.8. The summed E-state index contributed by atoms with van der Waals surface area (Å²) in [6.45, 7) is 6.53. The van der Waals surface area contributed by atoms with Crippen molar-refractivity contribution < 1.29 is 14.6 Å². The lowest BCUT2D eigenvalue weighted by atomic mass is 9.99. The molecule has 11 heteroatoms. The number of aromatic nitrogens is 4. The lowest BCUT2D eigenvalue weighted by Gasteiger charge is -2.38. The number of nitrogens with one attached hydrogen (secondary N) is 1. The molecule has 7 heterocycles. The number of amides is 1. The molecule has 0 aromatic carbocycles. The van der Waals surface area contributed by atoms with Crippen molar-refractivity contribution in [1.82, 2.24) is 24.0 Å². The third kappa shape index (κ3) is 6.33. The van der Waals surface area contributed by atoms with Crippen LogP contribution in [0.2, 0.25) is 0 Å². The summed E-state index contributed by atoms with van der Waals surface area (Å²) >= 11 is 0. The molecule has 0 unspecified atom stereocenters. The summed E-state index contributed by atoms with van der Waals surface area (Å²) in [7, 11) is 1.70. The largest absolute Gasteiger partial charge is 0.392 e. The van der Waals surface area contributed by atoms with E-state index >= 15 is 0 Å². The first kappa shape index (κ1) is 32.0. The maximum atomic E-state index is 13.7.